The van der Waals surface area contributed by atoms with Crippen molar-refractivity contribution in [2.75, 3.05) is 0 Å². The number of rotatable bonds is 3. The Morgan fingerprint density at radius 2 is 2.25 bits per heavy atom. The Labute approximate surface area is 88.5 Å². The van der Waals surface area contributed by atoms with Gasteiger partial charge in [-0.3, -0.25) is 4.79 Å². The molecule has 0 saturated heterocycles. The number of aliphatic carboxylic acids is 1. The van der Waals surface area contributed by atoms with Crippen LogP contribution in [0.4, 0.5) is 8.78 Å². The van der Waals surface area contributed by atoms with E-state index < -0.39 is 18.3 Å². The summed E-state index contributed by atoms with van der Waals surface area (Å²) in [6.45, 7) is 0. The average molecular weight is 227 g/mol. The van der Waals surface area contributed by atoms with E-state index in [2.05, 4.69) is 4.98 Å². The summed E-state index contributed by atoms with van der Waals surface area (Å²) in [6.07, 6.45) is -2.95. The molecule has 4 nitrogen and oxygen atoms in total. The second-order valence-electron chi connectivity index (χ2n) is 3.23. The maximum atomic E-state index is 12.3. The zero-order valence-electron chi connectivity index (χ0n) is 7.98. The van der Waals surface area contributed by atoms with Crippen molar-refractivity contribution in [1.82, 2.24) is 4.98 Å². The highest BCUT2D eigenvalue weighted by Gasteiger charge is 2.15. The Kier molecular flexibility index (Phi) is 2.55. The molecular formula is C10H7F2NO3. The number of carboxylic acids is 1. The summed E-state index contributed by atoms with van der Waals surface area (Å²) in [5, 5.41) is 8.57. The van der Waals surface area contributed by atoms with E-state index in [-0.39, 0.29) is 12.0 Å². The summed E-state index contributed by atoms with van der Waals surface area (Å²) in [5.41, 5.74) is 0.954. The molecule has 0 aliphatic carbocycles. The molecule has 1 heterocycles. The number of nitrogens with zero attached hydrogens (tertiary/aromatic N) is 1. The van der Waals surface area contributed by atoms with Gasteiger partial charge in [0.1, 0.15) is 5.52 Å². The van der Waals surface area contributed by atoms with E-state index in [0.29, 0.717) is 11.1 Å². The predicted octanol–water partition coefficient (Wildman–Crippen LogP) is 2.39. The highest BCUT2D eigenvalue weighted by atomic mass is 19.3. The number of hydrogen-bond acceptors (Lipinski definition) is 3. The van der Waals surface area contributed by atoms with Crippen LogP contribution in [0.15, 0.2) is 22.6 Å². The van der Waals surface area contributed by atoms with Crippen LogP contribution >= 0.6 is 0 Å². The van der Waals surface area contributed by atoms with Crippen molar-refractivity contribution in [2.45, 2.75) is 12.8 Å². The van der Waals surface area contributed by atoms with Crippen molar-refractivity contribution < 1.29 is 23.1 Å². The normalized spacial score (nSPS) is 11.2. The number of oxazole rings is 1. The molecule has 0 unspecified atom stereocenters. The zero-order chi connectivity index (χ0) is 11.7. The van der Waals surface area contributed by atoms with Crippen LogP contribution in [-0.2, 0) is 11.2 Å². The molecule has 0 atom stereocenters. The first kappa shape index (κ1) is 10.5. The number of carboxylic acid groups (broad SMARTS) is 1. The van der Waals surface area contributed by atoms with E-state index in [1.54, 1.807) is 0 Å². The van der Waals surface area contributed by atoms with Crippen molar-refractivity contribution in [1.29, 1.82) is 0 Å². The van der Waals surface area contributed by atoms with Gasteiger partial charge in [0.25, 0.3) is 5.89 Å². The van der Waals surface area contributed by atoms with E-state index in [1.165, 1.54) is 18.2 Å². The largest absolute Gasteiger partial charge is 0.481 e. The van der Waals surface area contributed by atoms with Gasteiger partial charge in [0.05, 0.1) is 6.42 Å². The SMILES string of the molecule is O=C(O)Cc1ccc2nc(C(F)F)oc2c1. The maximum Gasteiger partial charge on any atom is 0.313 e. The summed E-state index contributed by atoms with van der Waals surface area (Å²) < 4.78 is 29.3. The molecule has 0 aliphatic heterocycles. The zero-order valence-corrected chi connectivity index (χ0v) is 7.98. The summed E-state index contributed by atoms with van der Waals surface area (Å²) in [5.74, 6) is -1.64. The molecule has 1 aromatic carbocycles. The highest BCUT2D eigenvalue weighted by molar-refractivity contribution is 5.76. The molecule has 0 spiro atoms. The Hall–Kier alpha value is -1.98. The average Bonchev–Trinajstić information content (AvgIpc) is 2.59. The van der Waals surface area contributed by atoms with Crippen molar-refractivity contribution in [3.8, 4) is 0 Å². The Morgan fingerprint density at radius 1 is 1.50 bits per heavy atom. The first-order chi connectivity index (χ1) is 7.56. The van der Waals surface area contributed by atoms with Crippen LogP contribution in [-0.4, -0.2) is 16.1 Å². The van der Waals surface area contributed by atoms with Crippen LogP contribution < -0.4 is 0 Å². The molecule has 1 N–H and O–H groups in total. The third kappa shape index (κ3) is 2.00. The summed E-state index contributed by atoms with van der Waals surface area (Å²) in [7, 11) is 0. The van der Waals surface area contributed by atoms with Gasteiger partial charge < -0.3 is 9.52 Å². The minimum Gasteiger partial charge on any atom is -0.481 e. The first-order valence-corrected chi connectivity index (χ1v) is 4.45. The number of hydrogen-bond donors (Lipinski definition) is 1. The van der Waals surface area contributed by atoms with Gasteiger partial charge in [-0.05, 0) is 17.7 Å². The Balaban J connectivity index is 2.41. The quantitative estimate of drug-likeness (QED) is 0.874. The minimum absolute atomic E-state index is 0.175. The summed E-state index contributed by atoms with van der Waals surface area (Å²) in [6, 6.07) is 4.39. The number of carbonyl (C=O) groups is 1. The van der Waals surface area contributed by atoms with Gasteiger partial charge in [-0.25, -0.2) is 4.98 Å². The van der Waals surface area contributed by atoms with Gasteiger partial charge >= 0.3 is 12.4 Å². The number of aromatic nitrogens is 1. The topological polar surface area (TPSA) is 63.3 Å². The number of alkyl halides is 2. The van der Waals surface area contributed by atoms with Gasteiger partial charge in [-0.2, -0.15) is 8.78 Å². The van der Waals surface area contributed by atoms with Crippen LogP contribution in [0.1, 0.15) is 17.9 Å². The molecule has 0 fully saturated rings. The molecule has 0 amide bonds. The molecule has 16 heavy (non-hydrogen) atoms. The maximum absolute atomic E-state index is 12.3. The lowest BCUT2D eigenvalue weighted by molar-refractivity contribution is -0.136. The first-order valence-electron chi connectivity index (χ1n) is 4.45. The standard InChI is InChI=1S/C10H7F2NO3/c11-9(12)10-13-6-2-1-5(4-8(14)15)3-7(6)16-10/h1-3,9H,4H2,(H,14,15). The molecule has 2 aromatic rings. The van der Waals surface area contributed by atoms with Gasteiger partial charge in [-0.1, -0.05) is 6.07 Å². The lowest BCUT2D eigenvalue weighted by atomic mass is 10.1. The van der Waals surface area contributed by atoms with Crippen LogP contribution in [0.2, 0.25) is 0 Å². The number of benzene rings is 1. The van der Waals surface area contributed by atoms with E-state index in [4.69, 9.17) is 9.52 Å². The van der Waals surface area contributed by atoms with Crippen molar-refractivity contribution in [3.63, 3.8) is 0 Å². The second kappa shape index (κ2) is 3.88. The van der Waals surface area contributed by atoms with Crippen LogP contribution in [0.3, 0.4) is 0 Å². The van der Waals surface area contributed by atoms with Gasteiger partial charge in [0, 0.05) is 0 Å². The fourth-order valence-corrected chi connectivity index (χ4v) is 1.36. The summed E-state index contributed by atoms with van der Waals surface area (Å²) >= 11 is 0. The van der Waals surface area contributed by atoms with Gasteiger partial charge in [0.2, 0.25) is 0 Å². The molecule has 0 aliphatic rings. The summed E-state index contributed by atoms with van der Waals surface area (Å²) in [4.78, 5) is 14.0. The van der Waals surface area contributed by atoms with E-state index in [9.17, 15) is 13.6 Å². The van der Waals surface area contributed by atoms with Crippen LogP contribution in [0, 0.1) is 0 Å². The molecule has 1 aromatic heterocycles. The number of halogens is 2. The Bertz CT molecular complexity index is 536. The lowest BCUT2D eigenvalue weighted by Crippen LogP contribution is -1.99. The monoisotopic (exact) mass is 227 g/mol. The molecule has 0 radical (unpaired) electrons. The van der Waals surface area contributed by atoms with E-state index >= 15 is 0 Å². The van der Waals surface area contributed by atoms with Gasteiger partial charge in [-0.15, -0.1) is 0 Å². The number of fused-ring (bicyclic) bond motifs is 1. The minimum atomic E-state index is -2.77. The third-order valence-electron chi connectivity index (χ3n) is 2.01. The molecule has 84 valence electrons. The predicted molar refractivity (Wildman–Crippen MR) is 50.3 cm³/mol. The molecular weight excluding hydrogens is 220 g/mol. The van der Waals surface area contributed by atoms with E-state index in [0.717, 1.165) is 0 Å². The fourth-order valence-electron chi connectivity index (χ4n) is 1.36. The molecule has 0 saturated carbocycles. The molecule has 0 bridgehead atoms. The molecule has 6 heteroatoms. The van der Waals surface area contributed by atoms with E-state index in [1.807, 2.05) is 0 Å². The second-order valence-corrected chi connectivity index (χ2v) is 3.23. The third-order valence-corrected chi connectivity index (χ3v) is 2.01. The van der Waals surface area contributed by atoms with Gasteiger partial charge in [0.15, 0.2) is 5.58 Å². The Morgan fingerprint density at radius 3 is 2.88 bits per heavy atom. The fraction of sp³-hybridized carbons (Fsp3) is 0.200. The highest BCUT2D eigenvalue weighted by Crippen LogP contribution is 2.24. The van der Waals surface area contributed by atoms with Crippen molar-refractivity contribution in [2.24, 2.45) is 0 Å². The van der Waals surface area contributed by atoms with Crippen LogP contribution in [0.5, 0.6) is 0 Å². The molecule has 2 rings (SSSR count). The lowest BCUT2D eigenvalue weighted by Gasteiger charge is -1.94. The van der Waals surface area contributed by atoms with Crippen LogP contribution in [0.25, 0.3) is 11.1 Å². The smallest absolute Gasteiger partial charge is 0.313 e. The van der Waals surface area contributed by atoms with Crippen molar-refractivity contribution >= 4 is 17.1 Å². The van der Waals surface area contributed by atoms with Crippen molar-refractivity contribution in [3.05, 3.63) is 29.7 Å².